The maximum atomic E-state index is 12.3. The van der Waals surface area contributed by atoms with Crippen molar-refractivity contribution in [2.45, 2.75) is 0 Å². The van der Waals surface area contributed by atoms with Gasteiger partial charge in [0.05, 0.1) is 20.6 Å². The first kappa shape index (κ1) is 15.3. The third-order valence-electron chi connectivity index (χ3n) is 3.79. The fourth-order valence-electron chi connectivity index (χ4n) is 2.52. The molecule has 1 aliphatic rings. The van der Waals surface area contributed by atoms with Crippen molar-refractivity contribution in [1.29, 1.82) is 0 Å². The van der Waals surface area contributed by atoms with E-state index in [0.29, 0.717) is 9.21 Å². The first-order valence-corrected chi connectivity index (χ1v) is 8.42. The van der Waals surface area contributed by atoms with Crippen LogP contribution in [-0.2, 0) is 0 Å². The molecule has 0 atom stereocenters. The van der Waals surface area contributed by atoms with Crippen LogP contribution in [0.1, 0.15) is 9.67 Å². The van der Waals surface area contributed by atoms with E-state index in [9.17, 15) is 4.79 Å². The highest BCUT2D eigenvalue weighted by atomic mass is 35.5. The summed E-state index contributed by atoms with van der Waals surface area (Å²) in [5.74, 6) is -0.113. The summed E-state index contributed by atoms with van der Waals surface area (Å²) in [6.07, 6.45) is 0. The minimum atomic E-state index is -0.113. The van der Waals surface area contributed by atoms with Crippen molar-refractivity contribution < 1.29 is 4.79 Å². The van der Waals surface area contributed by atoms with Crippen LogP contribution in [0, 0.1) is 0 Å². The van der Waals surface area contributed by atoms with E-state index in [1.54, 1.807) is 12.1 Å². The fraction of sp³-hybridized carbons (Fsp3) is 0.312. The Morgan fingerprint density at radius 1 is 1.14 bits per heavy atom. The third-order valence-corrected chi connectivity index (χ3v) is 5.02. The van der Waals surface area contributed by atoms with Crippen LogP contribution in [-0.4, -0.2) is 44.0 Å². The summed E-state index contributed by atoms with van der Waals surface area (Å²) >= 11 is 7.19. The predicted molar refractivity (Wildman–Crippen MR) is 93.4 cm³/mol. The lowest BCUT2D eigenvalue weighted by Crippen LogP contribution is -2.44. The molecule has 1 fully saturated rings. The van der Waals surface area contributed by atoms with Gasteiger partial charge in [-0.2, -0.15) is 0 Å². The summed E-state index contributed by atoms with van der Waals surface area (Å²) in [7, 11) is 2.13. The number of amides is 1. The summed E-state index contributed by atoms with van der Waals surface area (Å²) in [5.41, 5.74) is 1.92. The number of hydrogen-bond acceptors (Lipinski definition) is 4. The maximum Gasteiger partial charge on any atom is 0.265 e. The molecule has 6 heteroatoms. The molecule has 1 amide bonds. The molecule has 0 bridgehead atoms. The normalized spacial score (nSPS) is 15.8. The molecule has 0 saturated carbocycles. The topological polar surface area (TPSA) is 35.6 Å². The fourth-order valence-corrected chi connectivity index (χ4v) is 3.46. The number of benzene rings is 1. The molecule has 0 spiro atoms. The van der Waals surface area contributed by atoms with Crippen molar-refractivity contribution in [2.75, 3.05) is 43.4 Å². The molecule has 1 aromatic carbocycles. The molecule has 2 heterocycles. The molecule has 2 aromatic rings. The van der Waals surface area contributed by atoms with Crippen LogP contribution < -0.4 is 10.2 Å². The number of halogens is 1. The Kier molecular flexibility index (Phi) is 4.66. The minimum absolute atomic E-state index is 0.113. The lowest BCUT2D eigenvalue weighted by molar-refractivity contribution is 0.103. The lowest BCUT2D eigenvalue weighted by Gasteiger charge is -2.35. The second kappa shape index (κ2) is 6.69. The van der Waals surface area contributed by atoms with Gasteiger partial charge in [-0.15, -0.1) is 11.3 Å². The Hall–Kier alpha value is -1.56. The van der Waals surface area contributed by atoms with E-state index in [-0.39, 0.29) is 5.91 Å². The molecule has 4 nitrogen and oxygen atoms in total. The average molecular weight is 336 g/mol. The molecule has 22 heavy (non-hydrogen) atoms. The molecule has 0 radical (unpaired) electrons. The number of para-hydroxylation sites is 2. The van der Waals surface area contributed by atoms with Gasteiger partial charge < -0.3 is 15.1 Å². The first-order valence-electron chi connectivity index (χ1n) is 7.23. The number of hydrogen-bond donors (Lipinski definition) is 1. The van der Waals surface area contributed by atoms with Gasteiger partial charge >= 0.3 is 0 Å². The van der Waals surface area contributed by atoms with Crippen LogP contribution >= 0.6 is 22.9 Å². The van der Waals surface area contributed by atoms with Gasteiger partial charge in [-0.05, 0) is 31.3 Å². The van der Waals surface area contributed by atoms with E-state index in [1.807, 2.05) is 18.2 Å². The number of rotatable bonds is 3. The molecular weight excluding hydrogens is 318 g/mol. The molecule has 116 valence electrons. The number of likely N-dealkylation sites (N-methyl/N-ethyl adjacent to an activating group) is 1. The zero-order valence-corrected chi connectivity index (χ0v) is 14.0. The highest BCUT2D eigenvalue weighted by Gasteiger charge is 2.18. The van der Waals surface area contributed by atoms with E-state index >= 15 is 0 Å². The average Bonchev–Trinajstić information content (AvgIpc) is 2.95. The highest BCUT2D eigenvalue weighted by molar-refractivity contribution is 7.18. The second-order valence-corrected chi connectivity index (χ2v) is 7.08. The standard InChI is InChI=1S/C16H18ClN3OS/c1-19-8-10-20(11-9-19)13-5-3-2-4-12(13)18-16(21)14-6-7-15(17)22-14/h2-7H,8-11H2,1H3,(H,18,21). The number of carbonyl (C=O) groups excluding carboxylic acids is 1. The van der Waals surface area contributed by atoms with Crippen LogP contribution in [0.5, 0.6) is 0 Å². The van der Waals surface area contributed by atoms with Crippen molar-refractivity contribution >= 4 is 40.2 Å². The van der Waals surface area contributed by atoms with Crippen molar-refractivity contribution in [1.82, 2.24) is 4.90 Å². The Balaban J connectivity index is 1.78. The van der Waals surface area contributed by atoms with Crippen LogP contribution in [0.3, 0.4) is 0 Å². The number of nitrogens with one attached hydrogen (secondary N) is 1. The van der Waals surface area contributed by atoms with Gasteiger partial charge in [0, 0.05) is 26.2 Å². The van der Waals surface area contributed by atoms with Gasteiger partial charge in [0.2, 0.25) is 0 Å². The van der Waals surface area contributed by atoms with Crippen molar-refractivity contribution in [2.24, 2.45) is 0 Å². The van der Waals surface area contributed by atoms with E-state index in [2.05, 4.69) is 28.2 Å². The molecule has 1 aromatic heterocycles. The molecule has 1 N–H and O–H groups in total. The van der Waals surface area contributed by atoms with Gasteiger partial charge in [0.1, 0.15) is 0 Å². The minimum Gasteiger partial charge on any atom is -0.367 e. The smallest absolute Gasteiger partial charge is 0.265 e. The molecule has 1 aliphatic heterocycles. The van der Waals surface area contributed by atoms with E-state index in [1.165, 1.54) is 11.3 Å². The summed E-state index contributed by atoms with van der Waals surface area (Å²) in [6, 6.07) is 11.4. The highest BCUT2D eigenvalue weighted by Crippen LogP contribution is 2.28. The number of anilines is 2. The van der Waals surface area contributed by atoms with Gasteiger partial charge in [-0.3, -0.25) is 4.79 Å². The molecule has 3 rings (SSSR count). The lowest BCUT2D eigenvalue weighted by atomic mass is 10.2. The van der Waals surface area contributed by atoms with Crippen molar-refractivity contribution in [3.8, 4) is 0 Å². The van der Waals surface area contributed by atoms with Crippen LogP contribution in [0.25, 0.3) is 0 Å². The third kappa shape index (κ3) is 3.43. The largest absolute Gasteiger partial charge is 0.367 e. The second-order valence-electron chi connectivity index (χ2n) is 5.37. The maximum absolute atomic E-state index is 12.3. The first-order chi connectivity index (χ1) is 10.6. The summed E-state index contributed by atoms with van der Waals surface area (Å²) in [5, 5.41) is 3.01. The molecule has 0 unspecified atom stereocenters. The van der Waals surface area contributed by atoms with Crippen molar-refractivity contribution in [3.63, 3.8) is 0 Å². The Morgan fingerprint density at radius 2 is 1.86 bits per heavy atom. The van der Waals surface area contributed by atoms with Gasteiger partial charge in [0.15, 0.2) is 0 Å². The SMILES string of the molecule is CN1CCN(c2ccccc2NC(=O)c2ccc(Cl)s2)CC1. The quantitative estimate of drug-likeness (QED) is 0.933. The van der Waals surface area contributed by atoms with Crippen LogP contribution in [0.4, 0.5) is 11.4 Å². The zero-order valence-electron chi connectivity index (χ0n) is 12.4. The number of nitrogens with zero attached hydrogens (tertiary/aromatic N) is 2. The van der Waals surface area contributed by atoms with Gasteiger partial charge in [-0.1, -0.05) is 23.7 Å². The molecular formula is C16H18ClN3OS. The van der Waals surface area contributed by atoms with Crippen LogP contribution in [0.2, 0.25) is 4.34 Å². The Bertz CT molecular complexity index is 665. The summed E-state index contributed by atoms with van der Waals surface area (Å²) in [6.45, 7) is 3.99. The molecule has 0 aliphatic carbocycles. The van der Waals surface area contributed by atoms with Gasteiger partial charge in [0.25, 0.3) is 5.91 Å². The summed E-state index contributed by atoms with van der Waals surface area (Å²) < 4.78 is 0.623. The summed E-state index contributed by atoms with van der Waals surface area (Å²) in [4.78, 5) is 17.6. The van der Waals surface area contributed by atoms with E-state index in [4.69, 9.17) is 11.6 Å². The molecule has 1 saturated heterocycles. The van der Waals surface area contributed by atoms with E-state index < -0.39 is 0 Å². The number of thiophene rings is 1. The Labute approximate surface area is 139 Å². The van der Waals surface area contributed by atoms with Crippen molar-refractivity contribution in [3.05, 3.63) is 45.6 Å². The Morgan fingerprint density at radius 3 is 2.55 bits per heavy atom. The monoisotopic (exact) mass is 335 g/mol. The number of piperazine rings is 1. The predicted octanol–water partition coefficient (Wildman–Crippen LogP) is 3.41. The van der Waals surface area contributed by atoms with Gasteiger partial charge in [-0.25, -0.2) is 0 Å². The van der Waals surface area contributed by atoms with E-state index in [0.717, 1.165) is 37.6 Å². The van der Waals surface area contributed by atoms with Crippen LogP contribution in [0.15, 0.2) is 36.4 Å². The number of carbonyl (C=O) groups is 1. The zero-order chi connectivity index (χ0) is 15.5.